The number of carbonyl (C=O) groups is 2. The maximum atomic E-state index is 12.7. The molecule has 2 amide bonds. The summed E-state index contributed by atoms with van der Waals surface area (Å²) >= 11 is 0. The second-order valence-electron chi connectivity index (χ2n) is 6.58. The molecular formula is C20H24N2O4. The summed E-state index contributed by atoms with van der Waals surface area (Å²) in [5, 5.41) is 0. The van der Waals surface area contributed by atoms with Crippen LogP contribution >= 0.6 is 0 Å². The molecule has 1 saturated heterocycles. The molecule has 0 aliphatic carbocycles. The van der Waals surface area contributed by atoms with Crippen LogP contribution in [0.3, 0.4) is 0 Å². The van der Waals surface area contributed by atoms with Crippen LogP contribution in [0.5, 0.6) is 5.75 Å². The maximum Gasteiger partial charge on any atom is 0.227 e. The number of benzene rings is 1. The summed E-state index contributed by atoms with van der Waals surface area (Å²) < 4.78 is 10.6. The van der Waals surface area contributed by atoms with Gasteiger partial charge in [-0.15, -0.1) is 0 Å². The van der Waals surface area contributed by atoms with Gasteiger partial charge in [0.1, 0.15) is 11.5 Å². The summed E-state index contributed by atoms with van der Waals surface area (Å²) in [5.41, 5.74) is 1.07. The first-order valence-electron chi connectivity index (χ1n) is 8.75. The van der Waals surface area contributed by atoms with Crippen LogP contribution in [0.15, 0.2) is 47.1 Å². The van der Waals surface area contributed by atoms with Gasteiger partial charge in [-0.1, -0.05) is 18.2 Å². The minimum Gasteiger partial charge on any atom is -0.496 e. The molecule has 1 aromatic heterocycles. The highest BCUT2D eigenvalue weighted by Gasteiger charge is 2.35. The molecule has 26 heavy (non-hydrogen) atoms. The zero-order chi connectivity index (χ0) is 18.5. The third-order valence-corrected chi connectivity index (χ3v) is 4.78. The Bertz CT molecular complexity index is 757. The number of para-hydroxylation sites is 1. The first-order chi connectivity index (χ1) is 12.6. The molecule has 1 aromatic carbocycles. The number of likely N-dealkylation sites (tertiary alicyclic amines) is 1. The highest BCUT2D eigenvalue weighted by Crippen LogP contribution is 2.23. The molecule has 0 N–H and O–H groups in total. The van der Waals surface area contributed by atoms with E-state index >= 15 is 0 Å². The highest BCUT2D eigenvalue weighted by molar-refractivity contribution is 5.89. The van der Waals surface area contributed by atoms with Crippen molar-refractivity contribution in [1.82, 2.24) is 9.80 Å². The van der Waals surface area contributed by atoms with E-state index in [9.17, 15) is 9.59 Å². The van der Waals surface area contributed by atoms with Crippen LogP contribution in [0.25, 0.3) is 0 Å². The van der Waals surface area contributed by atoms with Crippen molar-refractivity contribution in [2.24, 2.45) is 5.92 Å². The van der Waals surface area contributed by atoms with Crippen LogP contribution < -0.4 is 4.74 Å². The van der Waals surface area contributed by atoms with E-state index in [1.807, 2.05) is 30.3 Å². The molecule has 1 aliphatic rings. The number of nitrogens with zero attached hydrogens (tertiary/aromatic N) is 2. The first-order valence-corrected chi connectivity index (χ1v) is 8.75. The second kappa shape index (κ2) is 8.08. The van der Waals surface area contributed by atoms with Crippen LogP contribution in [-0.4, -0.2) is 48.9 Å². The number of carbonyl (C=O) groups excluding carboxylic acids is 2. The maximum absolute atomic E-state index is 12.7. The van der Waals surface area contributed by atoms with Crippen molar-refractivity contribution in [3.05, 3.63) is 54.0 Å². The molecule has 0 saturated carbocycles. The quantitative estimate of drug-likeness (QED) is 0.764. The van der Waals surface area contributed by atoms with Crippen LogP contribution in [-0.2, 0) is 22.6 Å². The summed E-state index contributed by atoms with van der Waals surface area (Å²) in [5.74, 6) is 1.28. The van der Waals surface area contributed by atoms with Gasteiger partial charge in [-0.3, -0.25) is 9.59 Å². The van der Waals surface area contributed by atoms with Gasteiger partial charge in [0.2, 0.25) is 11.8 Å². The molecule has 2 aromatic rings. The van der Waals surface area contributed by atoms with E-state index < -0.39 is 0 Å². The molecule has 0 bridgehead atoms. The molecule has 0 spiro atoms. The Morgan fingerprint density at radius 3 is 2.85 bits per heavy atom. The Hall–Kier alpha value is -2.76. The molecule has 2 heterocycles. The van der Waals surface area contributed by atoms with Crippen LogP contribution in [0.4, 0.5) is 0 Å². The van der Waals surface area contributed by atoms with Gasteiger partial charge in [-0.25, -0.2) is 0 Å². The van der Waals surface area contributed by atoms with Gasteiger partial charge in [0.05, 0.1) is 25.8 Å². The van der Waals surface area contributed by atoms with Gasteiger partial charge in [-0.2, -0.15) is 0 Å². The number of hydrogen-bond donors (Lipinski definition) is 0. The van der Waals surface area contributed by atoms with Crippen LogP contribution in [0, 0.1) is 5.92 Å². The third-order valence-electron chi connectivity index (χ3n) is 4.78. The van der Waals surface area contributed by atoms with Crippen molar-refractivity contribution in [2.45, 2.75) is 19.4 Å². The topological polar surface area (TPSA) is 63.0 Å². The minimum absolute atomic E-state index is 0.00196. The van der Waals surface area contributed by atoms with Crippen molar-refractivity contribution in [3.63, 3.8) is 0 Å². The first kappa shape index (κ1) is 18.0. The predicted octanol–water partition coefficient (Wildman–Crippen LogP) is 2.34. The van der Waals surface area contributed by atoms with Gasteiger partial charge in [-0.05, 0) is 30.2 Å². The van der Waals surface area contributed by atoms with Gasteiger partial charge < -0.3 is 19.0 Å². The summed E-state index contributed by atoms with van der Waals surface area (Å²) in [6.45, 7) is 1.44. The van der Waals surface area contributed by atoms with Crippen molar-refractivity contribution in [3.8, 4) is 5.75 Å². The molecule has 0 radical (unpaired) electrons. The average molecular weight is 356 g/mol. The SMILES string of the molecule is COc1ccccc1CCN(C)C(=O)C1CC(=O)N(Cc2ccco2)C1. The number of rotatable bonds is 7. The predicted molar refractivity (Wildman–Crippen MR) is 96.6 cm³/mol. The lowest BCUT2D eigenvalue weighted by Crippen LogP contribution is -2.35. The normalized spacial score (nSPS) is 16.8. The Labute approximate surface area is 153 Å². The van der Waals surface area contributed by atoms with E-state index in [1.165, 1.54) is 0 Å². The van der Waals surface area contributed by atoms with E-state index in [-0.39, 0.29) is 24.2 Å². The summed E-state index contributed by atoms with van der Waals surface area (Å²) in [6.07, 6.45) is 2.56. The molecule has 138 valence electrons. The van der Waals surface area contributed by atoms with Gasteiger partial charge in [0.15, 0.2) is 0 Å². The Kier molecular flexibility index (Phi) is 5.61. The van der Waals surface area contributed by atoms with Crippen molar-refractivity contribution < 1.29 is 18.7 Å². The summed E-state index contributed by atoms with van der Waals surface area (Å²) in [4.78, 5) is 28.3. The van der Waals surface area contributed by atoms with E-state index in [0.29, 0.717) is 26.1 Å². The zero-order valence-corrected chi connectivity index (χ0v) is 15.2. The van der Waals surface area contributed by atoms with E-state index in [4.69, 9.17) is 9.15 Å². The Morgan fingerprint density at radius 1 is 1.31 bits per heavy atom. The average Bonchev–Trinajstić information content (AvgIpc) is 3.29. The van der Waals surface area contributed by atoms with Gasteiger partial charge >= 0.3 is 0 Å². The number of amides is 2. The Morgan fingerprint density at radius 2 is 2.12 bits per heavy atom. The lowest BCUT2D eigenvalue weighted by Gasteiger charge is -2.21. The van der Waals surface area contributed by atoms with Crippen molar-refractivity contribution in [1.29, 1.82) is 0 Å². The monoisotopic (exact) mass is 356 g/mol. The highest BCUT2D eigenvalue weighted by atomic mass is 16.5. The molecule has 3 rings (SSSR count). The van der Waals surface area contributed by atoms with Crippen molar-refractivity contribution >= 4 is 11.8 Å². The van der Waals surface area contributed by atoms with Crippen LogP contribution in [0.2, 0.25) is 0 Å². The van der Waals surface area contributed by atoms with E-state index in [1.54, 1.807) is 36.3 Å². The summed E-state index contributed by atoms with van der Waals surface area (Å²) in [7, 11) is 3.43. The minimum atomic E-state index is -0.292. The van der Waals surface area contributed by atoms with Crippen molar-refractivity contribution in [2.75, 3.05) is 27.2 Å². The second-order valence-corrected chi connectivity index (χ2v) is 6.58. The third kappa shape index (κ3) is 4.07. The number of methoxy groups -OCH3 is 1. The largest absolute Gasteiger partial charge is 0.496 e. The number of ether oxygens (including phenoxy) is 1. The fourth-order valence-electron chi connectivity index (χ4n) is 3.30. The molecule has 1 unspecified atom stereocenters. The smallest absolute Gasteiger partial charge is 0.227 e. The van der Waals surface area contributed by atoms with E-state index in [2.05, 4.69) is 0 Å². The molecule has 6 nitrogen and oxygen atoms in total. The molecule has 1 fully saturated rings. The fourth-order valence-corrected chi connectivity index (χ4v) is 3.30. The van der Waals surface area contributed by atoms with E-state index in [0.717, 1.165) is 17.1 Å². The fraction of sp³-hybridized carbons (Fsp3) is 0.400. The van der Waals surface area contributed by atoms with Gasteiger partial charge in [0, 0.05) is 26.6 Å². The number of furan rings is 1. The molecular weight excluding hydrogens is 332 g/mol. The molecule has 1 atom stereocenters. The molecule has 6 heteroatoms. The van der Waals surface area contributed by atoms with Gasteiger partial charge in [0.25, 0.3) is 0 Å². The lowest BCUT2D eigenvalue weighted by molar-refractivity contribution is -0.134. The summed E-state index contributed by atoms with van der Waals surface area (Å²) in [6, 6.07) is 11.4. The zero-order valence-electron chi connectivity index (χ0n) is 15.2. The lowest BCUT2D eigenvalue weighted by atomic mass is 10.1. The Balaban J connectivity index is 1.54. The standard InChI is InChI=1S/C20H24N2O4/c1-21(10-9-15-6-3-4-8-18(15)25-2)20(24)16-12-19(23)22(13-16)14-17-7-5-11-26-17/h3-8,11,16H,9-10,12-14H2,1-2H3. The number of likely N-dealkylation sites (N-methyl/N-ethyl adjacent to an activating group) is 1. The number of hydrogen-bond acceptors (Lipinski definition) is 4. The van der Waals surface area contributed by atoms with Crippen LogP contribution in [0.1, 0.15) is 17.7 Å². The molecule has 1 aliphatic heterocycles.